The van der Waals surface area contributed by atoms with Crippen molar-refractivity contribution in [1.82, 2.24) is 0 Å². The third kappa shape index (κ3) is 13.7. The first-order chi connectivity index (χ1) is 10.7. The maximum atomic E-state index is 6.66. The number of hydrogen-bond acceptors (Lipinski definition) is 3. The lowest BCUT2D eigenvalue weighted by atomic mass is 10.2. The lowest BCUT2D eigenvalue weighted by Crippen LogP contribution is -2.56. The molecule has 0 bridgehead atoms. The van der Waals surface area contributed by atoms with Crippen molar-refractivity contribution in [3.05, 3.63) is 12.2 Å². The quantitative estimate of drug-likeness (QED) is 0.207. The van der Waals surface area contributed by atoms with Crippen LogP contribution in [0.5, 0.6) is 0 Å². The van der Waals surface area contributed by atoms with E-state index in [1.807, 2.05) is 0 Å². The lowest BCUT2D eigenvalue weighted by molar-refractivity contribution is 0.327. The molecule has 0 aromatic heterocycles. The lowest BCUT2D eigenvalue weighted by Gasteiger charge is -2.41. The van der Waals surface area contributed by atoms with Crippen LogP contribution in [0.4, 0.5) is 0 Å². The molecular formula is C17H42O3Si4. The molecule has 0 aliphatic carbocycles. The van der Waals surface area contributed by atoms with Gasteiger partial charge in [-0.15, -0.1) is 0 Å². The Balaban J connectivity index is 4.94. The molecule has 24 heavy (non-hydrogen) atoms. The number of allylic oxidation sites excluding steroid dienone is 2. The zero-order valence-electron chi connectivity index (χ0n) is 17.9. The van der Waals surface area contributed by atoms with Gasteiger partial charge in [0.05, 0.1) is 0 Å². The fraction of sp³-hybridized carbons (Fsp3) is 0.882. The molecule has 3 nitrogen and oxygen atoms in total. The summed E-state index contributed by atoms with van der Waals surface area (Å²) in [6.45, 7) is 22.3. The zero-order chi connectivity index (χ0) is 19.1. The van der Waals surface area contributed by atoms with Crippen molar-refractivity contribution in [2.45, 2.75) is 97.6 Å². The van der Waals surface area contributed by atoms with E-state index >= 15 is 0 Å². The average molecular weight is 407 g/mol. The van der Waals surface area contributed by atoms with Crippen LogP contribution in [0.2, 0.25) is 65.0 Å². The van der Waals surface area contributed by atoms with E-state index in [0.29, 0.717) is 0 Å². The van der Waals surface area contributed by atoms with Crippen LogP contribution in [0.3, 0.4) is 0 Å². The molecule has 7 heteroatoms. The Labute approximate surface area is 155 Å². The van der Waals surface area contributed by atoms with Gasteiger partial charge < -0.3 is 12.3 Å². The van der Waals surface area contributed by atoms with Gasteiger partial charge in [-0.1, -0.05) is 31.9 Å². The summed E-state index contributed by atoms with van der Waals surface area (Å²) in [5.74, 6) is 0. The summed E-state index contributed by atoms with van der Waals surface area (Å²) in [6.07, 6.45) is 9.63. The molecule has 0 radical (unpaired) electrons. The van der Waals surface area contributed by atoms with Crippen LogP contribution >= 0.6 is 0 Å². The van der Waals surface area contributed by atoms with E-state index in [1.165, 1.54) is 19.3 Å². The van der Waals surface area contributed by atoms with E-state index < -0.39 is 33.8 Å². The van der Waals surface area contributed by atoms with Crippen LogP contribution in [-0.4, -0.2) is 33.8 Å². The van der Waals surface area contributed by atoms with Crippen molar-refractivity contribution in [3.8, 4) is 0 Å². The van der Waals surface area contributed by atoms with Crippen molar-refractivity contribution in [2.24, 2.45) is 0 Å². The van der Waals surface area contributed by atoms with E-state index in [2.05, 4.69) is 78.0 Å². The summed E-state index contributed by atoms with van der Waals surface area (Å²) in [5, 5.41) is 0. The molecule has 144 valence electrons. The van der Waals surface area contributed by atoms with Gasteiger partial charge in [0.25, 0.3) is 0 Å². The molecule has 1 unspecified atom stereocenters. The highest BCUT2D eigenvalue weighted by molar-refractivity contribution is 6.89. The monoisotopic (exact) mass is 406 g/mol. The standard InChI is InChI=1S/C17H42O3Si4/c1-11-12-13-14-15-16-17-24(10,19-22(5,6)7)20-23(8,9)18-21(2,3)4/h15-16H,11-14,17H2,1-10H3/b16-15+. The van der Waals surface area contributed by atoms with E-state index in [-0.39, 0.29) is 0 Å². The molecule has 0 aliphatic heterocycles. The van der Waals surface area contributed by atoms with Gasteiger partial charge >= 0.3 is 17.1 Å². The Morgan fingerprint density at radius 3 is 1.67 bits per heavy atom. The molecule has 0 aromatic rings. The van der Waals surface area contributed by atoms with Gasteiger partial charge in [-0.25, -0.2) is 0 Å². The Morgan fingerprint density at radius 1 is 0.667 bits per heavy atom. The van der Waals surface area contributed by atoms with Gasteiger partial charge in [0.2, 0.25) is 0 Å². The highest BCUT2D eigenvalue weighted by atomic mass is 28.5. The minimum Gasteiger partial charge on any atom is -0.437 e. The predicted octanol–water partition coefficient (Wildman–Crippen LogP) is 6.62. The molecule has 0 aromatic carbocycles. The summed E-state index contributed by atoms with van der Waals surface area (Å²) in [5.41, 5.74) is 0. The number of rotatable bonds is 12. The van der Waals surface area contributed by atoms with Gasteiger partial charge in [-0.05, 0) is 71.8 Å². The largest absolute Gasteiger partial charge is 0.437 e. The van der Waals surface area contributed by atoms with Gasteiger partial charge in [-0.2, -0.15) is 0 Å². The van der Waals surface area contributed by atoms with Crippen LogP contribution < -0.4 is 0 Å². The summed E-state index contributed by atoms with van der Waals surface area (Å²) in [7, 11) is -7.68. The maximum absolute atomic E-state index is 6.66. The molecule has 1 atom stereocenters. The Bertz CT molecular complexity index is 386. The summed E-state index contributed by atoms with van der Waals surface area (Å²) < 4.78 is 19.6. The van der Waals surface area contributed by atoms with Crippen molar-refractivity contribution in [3.63, 3.8) is 0 Å². The van der Waals surface area contributed by atoms with Gasteiger partial charge in [0.1, 0.15) is 0 Å². The second-order valence-electron chi connectivity index (χ2n) is 9.24. The minimum atomic E-state index is -2.25. The predicted molar refractivity (Wildman–Crippen MR) is 117 cm³/mol. The number of hydrogen-bond donors (Lipinski definition) is 0. The highest BCUT2D eigenvalue weighted by Gasteiger charge is 2.43. The van der Waals surface area contributed by atoms with Crippen LogP contribution in [0.25, 0.3) is 0 Å². The Morgan fingerprint density at radius 2 is 1.21 bits per heavy atom. The van der Waals surface area contributed by atoms with Crippen LogP contribution in [0.1, 0.15) is 32.6 Å². The molecule has 0 aliphatic rings. The van der Waals surface area contributed by atoms with E-state index in [0.717, 1.165) is 12.5 Å². The van der Waals surface area contributed by atoms with E-state index in [9.17, 15) is 0 Å². The maximum Gasteiger partial charge on any atom is 0.319 e. The van der Waals surface area contributed by atoms with Gasteiger partial charge in [-0.3, -0.25) is 0 Å². The zero-order valence-corrected chi connectivity index (χ0v) is 21.9. The third-order valence-corrected chi connectivity index (χ3v) is 16.4. The van der Waals surface area contributed by atoms with Crippen molar-refractivity contribution in [2.75, 3.05) is 0 Å². The molecule has 0 amide bonds. The molecule has 0 N–H and O–H groups in total. The Kier molecular flexibility index (Phi) is 10.2. The van der Waals surface area contributed by atoms with Crippen LogP contribution in [0, 0.1) is 0 Å². The smallest absolute Gasteiger partial charge is 0.319 e. The molecular weight excluding hydrogens is 365 g/mol. The van der Waals surface area contributed by atoms with Crippen LogP contribution in [0.15, 0.2) is 12.2 Å². The van der Waals surface area contributed by atoms with Crippen molar-refractivity contribution < 1.29 is 12.3 Å². The van der Waals surface area contributed by atoms with E-state index in [1.54, 1.807) is 0 Å². The normalized spacial score (nSPS) is 16.6. The second kappa shape index (κ2) is 9.99. The minimum absolute atomic E-state index is 0.925. The fourth-order valence-corrected chi connectivity index (χ4v) is 20.5. The first-order valence-corrected chi connectivity index (χ1v) is 21.6. The first kappa shape index (κ1) is 24.5. The molecule has 0 heterocycles. The SMILES string of the molecule is CCCCC/C=C/C[Si](C)(O[Si](C)(C)C)O[Si](C)(C)O[Si](C)(C)C. The third-order valence-electron chi connectivity index (χ3n) is 3.17. The summed E-state index contributed by atoms with van der Waals surface area (Å²) in [4.78, 5) is 0. The first-order valence-electron chi connectivity index (χ1n) is 9.44. The summed E-state index contributed by atoms with van der Waals surface area (Å²) in [6, 6.07) is 0.925. The summed E-state index contributed by atoms with van der Waals surface area (Å²) >= 11 is 0. The molecule has 0 saturated carbocycles. The molecule has 0 spiro atoms. The highest BCUT2D eigenvalue weighted by Crippen LogP contribution is 2.27. The fourth-order valence-electron chi connectivity index (χ4n) is 2.96. The van der Waals surface area contributed by atoms with Crippen molar-refractivity contribution >= 4 is 33.8 Å². The van der Waals surface area contributed by atoms with Gasteiger partial charge in [0, 0.05) is 6.04 Å². The van der Waals surface area contributed by atoms with Crippen molar-refractivity contribution in [1.29, 1.82) is 0 Å². The van der Waals surface area contributed by atoms with E-state index in [4.69, 9.17) is 12.3 Å². The molecule has 0 saturated heterocycles. The van der Waals surface area contributed by atoms with Crippen LogP contribution in [-0.2, 0) is 12.3 Å². The topological polar surface area (TPSA) is 27.7 Å². The molecule has 0 rings (SSSR count). The Hall–Kier alpha value is 0.488. The second-order valence-corrected chi connectivity index (χ2v) is 25.6. The average Bonchev–Trinajstić information content (AvgIpc) is 2.26. The van der Waals surface area contributed by atoms with Gasteiger partial charge in [0.15, 0.2) is 16.6 Å². The molecule has 0 fully saturated rings. The number of unbranched alkanes of at least 4 members (excludes halogenated alkanes) is 3.